The highest BCUT2D eigenvalue weighted by Crippen LogP contribution is 2.38. The van der Waals surface area contributed by atoms with Gasteiger partial charge < -0.3 is 20.3 Å². The van der Waals surface area contributed by atoms with E-state index in [1.54, 1.807) is 19.1 Å². The molecule has 23 heavy (non-hydrogen) atoms. The van der Waals surface area contributed by atoms with Gasteiger partial charge in [-0.2, -0.15) is 0 Å². The Morgan fingerprint density at radius 3 is 2.13 bits per heavy atom. The van der Waals surface area contributed by atoms with Crippen molar-refractivity contribution in [3.05, 3.63) is 57.9 Å². The van der Waals surface area contributed by atoms with E-state index >= 15 is 0 Å². The number of aryl methyl sites for hydroxylation is 1. The molecule has 0 saturated carbocycles. The Labute approximate surface area is 134 Å². The predicted molar refractivity (Wildman–Crippen MR) is 83.9 cm³/mol. The van der Waals surface area contributed by atoms with E-state index in [1.807, 2.05) is 19.1 Å². The number of carboxylic acids is 2. The summed E-state index contributed by atoms with van der Waals surface area (Å²) in [5.74, 6) is -3.16. The van der Waals surface area contributed by atoms with Gasteiger partial charge in [0.15, 0.2) is 0 Å². The number of benzene rings is 1. The van der Waals surface area contributed by atoms with Crippen LogP contribution in [0.2, 0.25) is 0 Å². The Hall–Kier alpha value is -2.60. The minimum Gasteiger partial charge on any atom is -0.478 e. The van der Waals surface area contributed by atoms with E-state index in [4.69, 9.17) is 4.74 Å². The number of ether oxygens (including phenoxy) is 1. The monoisotopic (exact) mass is 317 g/mol. The molecule has 6 nitrogen and oxygen atoms in total. The van der Waals surface area contributed by atoms with Gasteiger partial charge in [0.2, 0.25) is 0 Å². The zero-order chi connectivity index (χ0) is 17.1. The molecule has 0 saturated heterocycles. The zero-order valence-electron chi connectivity index (χ0n) is 13.2. The number of dihydropyridines is 1. The van der Waals surface area contributed by atoms with Crippen molar-refractivity contribution in [3.8, 4) is 0 Å². The lowest BCUT2D eigenvalue weighted by Crippen LogP contribution is -2.33. The minimum atomic E-state index is -1.17. The molecule has 0 radical (unpaired) electrons. The Kier molecular flexibility index (Phi) is 4.86. The van der Waals surface area contributed by atoms with Crippen LogP contribution in [0.15, 0.2) is 46.8 Å². The first kappa shape index (κ1) is 16.8. The van der Waals surface area contributed by atoms with E-state index in [0.717, 1.165) is 5.56 Å². The van der Waals surface area contributed by atoms with E-state index in [0.29, 0.717) is 17.0 Å². The summed E-state index contributed by atoms with van der Waals surface area (Å²) in [6, 6.07) is 7.19. The lowest BCUT2D eigenvalue weighted by atomic mass is 9.80. The molecular formula is C17H19NO5. The molecule has 6 heteroatoms. The first-order valence-electron chi connectivity index (χ1n) is 7.09. The number of carboxylic acid groups (broad SMARTS) is 2. The Bertz CT molecular complexity index is 700. The number of hydrogen-bond donors (Lipinski definition) is 3. The standard InChI is InChI=1S/C17H19NO5/c1-9-4-6-11(7-5-9)14-13(16(19)20)10(2)18-12(8-23-3)15(14)17(21)22/h4-7,14,18H,8H2,1-3H3,(H,19,20)(H,21,22). The van der Waals surface area contributed by atoms with Crippen LogP contribution in [-0.2, 0) is 14.3 Å². The summed E-state index contributed by atoms with van der Waals surface area (Å²) in [5, 5.41) is 22.1. The van der Waals surface area contributed by atoms with Crippen LogP contribution in [0.1, 0.15) is 24.0 Å². The maximum atomic E-state index is 11.8. The summed E-state index contributed by atoms with van der Waals surface area (Å²) in [4.78, 5) is 23.5. The van der Waals surface area contributed by atoms with Crippen LogP contribution < -0.4 is 5.32 Å². The maximum absolute atomic E-state index is 11.8. The van der Waals surface area contributed by atoms with Crippen LogP contribution >= 0.6 is 0 Å². The van der Waals surface area contributed by atoms with Gasteiger partial charge in [-0.15, -0.1) is 0 Å². The van der Waals surface area contributed by atoms with Gasteiger partial charge in [-0.05, 0) is 19.4 Å². The number of allylic oxidation sites excluding steroid dienone is 1. The average Bonchev–Trinajstić information content (AvgIpc) is 2.46. The summed E-state index contributed by atoms with van der Waals surface area (Å²) in [6.07, 6.45) is 0. The lowest BCUT2D eigenvalue weighted by molar-refractivity contribution is -0.133. The van der Waals surface area contributed by atoms with Crippen molar-refractivity contribution in [1.29, 1.82) is 0 Å². The fourth-order valence-corrected chi connectivity index (χ4v) is 2.78. The number of methoxy groups -OCH3 is 1. The highest BCUT2D eigenvalue weighted by atomic mass is 16.5. The normalized spacial score (nSPS) is 18.0. The van der Waals surface area contributed by atoms with Gasteiger partial charge in [0.1, 0.15) is 0 Å². The quantitative estimate of drug-likeness (QED) is 0.769. The van der Waals surface area contributed by atoms with Crippen LogP contribution in [0, 0.1) is 6.92 Å². The number of carbonyl (C=O) groups is 2. The lowest BCUT2D eigenvalue weighted by Gasteiger charge is -2.29. The molecule has 1 heterocycles. The van der Waals surface area contributed by atoms with Crippen molar-refractivity contribution in [1.82, 2.24) is 5.32 Å². The summed E-state index contributed by atoms with van der Waals surface area (Å²) >= 11 is 0. The molecule has 2 rings (SSSR count). The van der Waals surface area contributed by atoms with Crippen LogP contribution in [0.3, 0.4) is 0 Å². The van der Waals surface area contributed by atoms with Gasteiger partial charge in [-0.1, -0.05) is 29.8 Å². The van der Waals surface area contributed by atoms with Gasteiger partial charge >= 0.3 is 11.9 Å². The van der Waals surface area contributed by atoms with Crippen molar-refractivity contribution in [2.75, 3.05) is 13.7 Å². The van der Waals surface area contributed by atoms with E-state index < -0.39 is 17.9 Å². The summed E-state index contributed by atoms with van der Waals surface area (Å²) in [6.45, 7) is 3.60. The molecule has 1 aliphatic rings. The Morgan fingerprint density at radius 2 is 1.65 bits per heavy atom. The summed E-state index contributed by atoms with van der Waals surface area (Å²) in [5.41, 5.74) is 2.45. The second kappa shape index (κ2) is 6.66. The van der Waals surface area contributed by atoms with Gasteiger partial charge in [0.05, 0.1) is 29.4 Å². The van der Waals surface area contributed by atoms with E-state index in [2.05, 4.69) is 5.32 Å². The molecule has 0 aliphatic carbocycles. The molecule has 1 aliphatic heterocycles. The number of aliphatic carboxylic acids is 2. The summed E-state index contributed by atoms with van der Waals surface area (Å²) < 4.78 is 5.06. The Balaban J connectivity index is 2.68. The number of nitrogens with one attached hydrogen (secondary N) is 1. The predicted octanol–water partition coefficient (Wildman–Crippen LogP) is 2.03. The molecule has 1 unspecified atom stereocenters. The molecule has 0 aromatic heterocycles. The van der Waals surface area contributed by atoms with Crippen LogP contribution in [0.25, 0.3) is 0 Å². The topological polar surface area (TPSA) is 95.9 Å². The van der Waals surface area contributed by atoms with Gasteiger partial charge in [-0.25, -0.2) is 9.59 Å². The van der Waals surface area contributed by atoms with Crippen molar-refractivity contribution < 1.29 is 24.5 Å². The van der Waals surface area contributed by atoms with Crippen molar-refractivity contribution >= 4 is 11.9 Å². The third kappa shape index (κ3) is 3.27. The fraction of sp³-hybridized carbons (Fsp3) is 0.294. The highest BCUT2D eigenvalue weighted by molar-refractivity contribution is 5.98. The molecule has 0 fully saturated rings. The Morgan fingerprint density at radius 1 is 1.09 bits per heavy atom. The van der Waals surface area contributed by atoms with Gasteiger partial charge in [0.25, 0.3) is 0 Å². The van der Waals surface area contributed by atoms with E-state index in [9.17, 15) is 19.8 Å². The van der Waals surface area contributed by atoms with Crippen LogP contribution in [0.5, 0.6) is 0 Å². The van der Waals surface area contributed by atoms with E-state index in [1.165, 1.54) is 7.11 Å². The van der Waals surface area contributed by atoms with Crippen LogP contribution in [-0.4, -0.2) is 35.9 Å². The fourth-order valence-electron chi connectivity index (χ4n) is 2.78. The largest absolute Gasteiger partial charge is 0.478 e. The van der Waals surface area contributed by atoms with Crippen molar-refractivity contribution in [2.45, 2.75) is 19.8 Å². The smallest absolute Gasteiger partial charge is 0.334 e. The molecule has 1 aromatic rings. The molecule has 1 atom stereocenters. The molecule has 0 spiro atoms. The maximum Gasteiger partial charge on any atom is 0.334 e. The highest BCUT2D eigenvalue weighted by Gasteiger charge is 2.37. The SMILES string of the molecule is COCC1=C(C(=O)O)C(c2ccc(C)cc2)C(C(=O)O)=C(C)N1. The molecule has 122 valence electrons. The third-order valence-corrected chi connectivity index (χ3v) is 3.81. The second-order valence-electron chi connectivity index (χ2n) is 5.44. The number of hydrogen-bond acceptors (Lipinski definition) is 4. The molecule has 3 N–H and O–H groups in total. The average molecular weight is 317 g/mol. The summed E-state index contributed by atoms with van der Waals surface area (Å²) in [7, 11) is 1.46. The second-order valence-corrected chi connectivity index (χ2v) is 5.44. The van der Waals surface area contributed by atoms with Crippen LogP contribution in [0.4, 0.5) is 0 Å². The zero-order valence-corrected chi connectivity index (χ0v) is 13.2. The number of rotatable bonds is 5. The first-order valence-corrected chi connectivity index (χ1v) is 7.09. The molecule has 0 bridgehead atoms. The molecule has 0 amide bonds. The first-order chi connectivity index (χ1) is 10.9. The molecular weight excluding hydrogens is 298 g/mol. The molecule has 1 aromatic carbocycles. The van der Waals surface area contributed by atoms with E-state index in [-0.39, 0.29) is 17.8 Å². The minimum absolute atomic E-state index is 0.00120. The van der Waals surface area contributed by atoms with Crippen molar-refractivity contribution in [2.24, 2.45) is 0 Å². The van der Waals surface area contributed by atoms with Gasteiger partial charge in [0, 0.05) is 12.8 Å². The third-order valence-electron chi connectivity index (χ3n) is 3.81. The van der Waals surface area contributed by atoms with Gasteiger partial charge in [-0.3, -0.25) is 0 Å². The van der Waals surface area contributed by atoms with Crippen molar-refractivity contribution in [3.63, 3.8) is 0 Å².